The molecule has 144 valence electrons. The fourth-order valence-electron chi connectivity index (χ4n) is 2.80. The molecular formula is C21H17N5O3. The van der Waals surface area contributed by atoms with Gasteiger partial charge in [0.1, 0.15) is 18.0 Å². The molecule has 0 spiro atoms. The summed E-state index contributed by atoms with van der Waals surface area (Å²) in [6.07, 6.45) is 4.76. The number of aromatic nitrogens is 3. The van der Waals surface area contributed by atoms with E-state index in [1.165, 1.54) is 0 Å². The van der Waals surface area contributed by atoms with E-state index in [0.29, 0.717) is 11.5 Å². The summed E-state index contributed by atoms with van der Waals surface area (Å²) >= 11 is 0. The minimum Gasteiger partial charge on any atom is -0.455 e. The first-order valence-electron chi connectivity index (χ1n) is 8.87. The fourth-order valence-corrected chi connectivity index (χ4v) is 2.80. The number of amides is 2. The van der Waals surface area contributed by atoms with Crippen molar-refractivity contribution in [2.75, 3.05) is 0 Å². The Morgan fingerprint density at radius 3 is 2.66 bits per heavy atom. The number of nitrogens with zero attached hydrogens (tertiary/aromatic N) is 3. The molecule has 2 N–H and O–H groups in total. The Morgan fingerprint density at radius 1 is 0.966 bits per heavy atom. The van der Waals surface area contributed by atoms with Crippen LogP contribution in [0.1, 0.15) is 10.4 Å². The van der Waals surface area contributed by atoms with Crippen LogP contribution in [0.5, 0.6) is 11.5 Å². The van der Waals surface area contributed by atoms with E-state index >= 15 is 0 Å². The van der Waals surface area contributed by atoms with Crippen LogP contribution in [0.2, 0.25) is 0 Å². The van der Waals surface area contributed by atoms with E-state index in [0.717, 1.165) is 11.0 Å². The van der Waals surface area contributed by atoms with Crippen LogP contribution in [-0.4, -0.2) is 26.3 Å². The van der Waals surface area contributed by atoms with Gasteiger partial charge in [-0.05, 0) is 36.4 Å². The lowest BCUT2D eigenvalue weighted by molar-refractivity contribution is -0.122. The zero-order valence-electron chi connectivity index (χ0n) is 15.3. The Hall–Kier alpha value is -4.20. The predicted octanol–water partition coefficient (Wildman–Crippen LogP) is 2.68. The van der Waals surface area contributed by atoms with E-state index in [9.17, 15) is 9.59 Å². The lowest BCUT2D eigenvalue weighted by atomic mass is 10.2. The van der Waals surface area contributed by atoms with Gasteiger partial charge in [0, 0.05) is 6.20 Å². The number of pyridine rings is 1. The van der Waals surface area contributed by atoms with Gasteiger partial charge in [-0.2, -0.15) is 0 Å². The molecule has 0 aliphatic heterocycles. The topological polar surface area (TPSA) is 98.1 Å². The highest BCUT2D eigenvalue weighted by molar-refractivity contribution is 5.98. The van der Waals surface area contributed by atoms with Crippen LogP contribution in [0.25, 0.3) is 11.0 Å². The molecule has 4 aromatic rings. The van der Waals surface area contributed by atoms with E-state index in [1.807, 2.05) is 24.3 Å². The molecule has 2 amide bonds. The summed E-state index contributed by atoms with van der Waals surface area (Å²) in [5.74, 6) is -0.0166. The van der Waals surface area contributed by atoms with Gasteiger partial charge in [0.25, 0.3) is 11.8 Å². The molecule has 0 saturated heterocycles. The normalized spacial score (nSPS) is 10.5. The van der Waals surface area contributed by atoms with Gasteiger partial charge < -0.3 is 9.30 Å². The third kappa shape index (κ3) is 4.22. The number of carbonyl (C=O) groups is 2. The molecule has 4 rings (SSSR count). The molecule has 0 aliphatic rings. The number of hydrazine groups is 1. The van der Waals surface area contributed by atoms with E-state index in [1.54, 1.807) is 59.7 Å². The van der Waals surface area contributed by atoms with Gasteiger partial charge in [-0.15, -0.1) is 0 Å². The molecule has 0 saturated carbocycles. The summed E-state index contributed by atoms with van der Waals surface area (Å²) in [7, 11) is 0. The first kappa shape index (κ1) is 18.2. The SMILES string of the molecule is O=C(Cn1cnc2ccccc21)NNC(=O)c1ccccc1Oc1cccnc1. The molecule has 8 heteroatoms. The maximum atomic E-state index is 12.5. The fraction of sp³-hybridized carbons (Fsp3) is 0.0476. The van der Waals surface area contributed by atoms with Crippen LogP contribution >= 0.6 is 0 Å². The Labute approximate surface area is 166 Å². The maximum absolute atomic E-state index is 12.5. The molecule has 2 aromatic heterocycles. The van der Waals surface area contributed by atoms with Crippen molar-refractivity contribution in [2.24, 2.45) is 0 Å². The molecule has 29 heavy (non-hydrogen) atoms. The monoisotopic (exact) mass is 387 g/mol. The van der Waals surface area contributed by atoms with E-state index in [2.05, 4.69) is 20.8 Å². The molecule has 2 heterocycles. The Bertz CT molecular complexity index is 1160. The van der Waals surface area contributed by atoms with Crippen molar-refractivity contribution in [2.45, 2.75) is 6.54 Å². The number of rotatable bonds is 5. The van der Waals surface area contributed by atoms with Crippen molar-refractivity contribution in [1.29, 1.82) is 0 Å². The highest BCUT2D eigenvalue weighted by Crippen LogP contribution is 2.24. The van der Waals surface area contributed by atoms with E-state index in [-0.39, 0.29) is 18.0 Å². The van der Waals surface area contributed by atoms with Crippen molar-refractivity contribution < 1.29 is 14.3 Å². The third-order valence-corrected chi connectivity index (χ3v) is 4.15. The number of imidazole rings is 1. The summed E-state index contributed by atoms with van der Waals surface area (Å²) in [5.41, 5.74) is 6.75. The van der Waals surface area contributed by atoms with Gasteiger partial charge in [0.05, 0.1) is 29.1 Å². The highest BCUT2D eigenvalue weighted by Gasteiger charge is 2.14. The molecule has 2 aromatic carbocycles. The van der Waals surface area contributed by atoms with Gasteiger partial charge in [-0.1, -0.05) is 24.3 Å². The number of hydrogen-bond donors (Lipinski definition) is 2. The summed E-state index contributed by atoms with van der Waals surface area (Å²) in [4.78, 5) is 33.0. The van der Waals surface area contributed by atoms with Gasteiger partial charge in [0.15, 0.2) is 0 Å². The number of ether oxygens (including phenoxy) is 1. The van der Waals surface area contributed by atoms with Crippen molar-refractivity contribution in [3.8, 4) is 11.5 Å². The predicted molar refractivity (Wildman–Crippen MR) is 106 cm³/mol. The number of nitrogens with one attached hydrogen (secondary N) is 2. The average molecular weight is 387 g/mol. The summed E-state index contributed by atoms with van der Waals surface area (Å²) in [6, 6.07) is 17.7. The van der Waals surface area contributed by atoms with Crippen LogP contribution in [0.4, 0.5) is 0 Å². The molecule has 0 unspecified atom stereocenters. The van der Waals surface area contributed by atoms with Crippen LogP contribution in [0.15, 0.2) is 79.4 Å². The van der Waals surface area contributed by atoms with Crippen LogP contribution in [-0.2, 0) is 11.3 Å². The van der Waals surface area contributed by atoms with E-state index < -0.39 is 5.91 Å². The largest absolute Gasteiger partial charge is 0.455 e. The quantitative estimate of drug-likeness (QED) is 0.513. The lowest BCUT2D eigenvalue weighted by Crippen LogP contribution is -2.43. The molecule has 0 fully saturated rings. The Balaban J connectivity index is 1.40. The van der Waals surface area contributed by atoms with Crippen LogP contribution in [0.3, 0.4) is 0 Å². The minimum absolute atomic E-state index is 0.0224. The summed E-state index contributed by atoms with van der Waals surface area (Å²) in [6.45, 7) is 0.0224. The highest BCUT2D eigenvalue weighted by atomic mass is 16.5. The Morgan fingerprint density at radius 2 is 1.79 bits per heavy atom. The van der Waals surface area contributed by atoms with E-state index in [4.69, 9.17) is 4.74 Å². The van der Waals surface area contributed by atoms with Gasteiger partial charge >= 0.3 is 0 Å². The third-order valence-electron chi connectivity index (χ3n) is 4.15. The first-order valence-corrected chi connectivity index (χ1v) is 8.87. The van der Waals surface area contributed by atoms with Crippen molar-refractivity contribution in [3.63, 3.8) is 0 Å². The second-order valence-corrected chi connectivity index (χ2v) is 6.15. The standard InChI is InChI=1S/C21H17N5O3/c27-20(13-26-14-23-17-8-2-3-9-18(17)26)24-25-21(28)16-7-1-4-10-19(16)29-15-6-5-11-22-12-15/h1-12,14H,13H2,(H,24,27)(H,25,28). The number of hydrogen-bond acceptors (Lipinski definition) is 5. The molecule has 0 atom stereocenters. The summed E-state index contributed by atoms with van der Waals surface area (Å²) in [5, 5.41) is 0. The minimum atomic E-state index is -0.492. The number of carbonyl (C=O) groups excluding carboxylic acids is 2. The maximum Gasteiger partial charge on any atom is 0.273 e. The molecule has 0 radical (unpaired) electrons. The zero-order valence-corrected chi connectivity index (χ0v) is 15.3. The zero-order chi connectivity index (χ0) is 20.1. The molecule has 0 bridgehead atoms. The Kier molecular flexibility index (Phi) is 5.15. The molecule has 8 nitrogen and oxygen atoms in total. The lowest BCUT2D eigenvalue weighted by Gasteiger charge is -2.12. The van der Waals surface area contributed by atoms with Gasteiger partial charge in [-0.25, -0.2) is 4.98 Å². The van der Waals surface area contributed by atoms with Gasteiger partial charge in [-0.3, -0.25) is 25.4 Å². The molecular weight excluding hydrogens is 370 g/mol. The second kappa shape index (κ2) is 8.22. The smallest absolute Gasteiger partial charge is 0.273 e. The first-order chi connectivity index (χ1) is 14.2. The van der Waals surface area contributed by atoms with Gasteiger partial charge in [0.2, 0.25) is 0 Å². The molecule has 0 aliphatic carbocycles. The second-order valence-electron chi connectivity index (χ2n) is 6.15. The average Bonchev–Trinajstić information content (AvgIpc) is 3.16. The van der Waals surface area contributed by atoms with Crippen molar-refractivity contribution in [3.05, 3.63) is 84.9 Å². The van der Waals surface area contributed by atoms with Crippen LogP contribution < -0.4 is 15.6 Å². The number of fused-ring (bicyclic) bond motifs is 1. The van der Waals surface area contributed by atoms with Crippen LogP contribution in [0, 0.1) is 0 Å². The number of para-hydroxylation sites is 3. The number of benzene rings is 2. The summed E-state index contributed by atoms with van der Waals surface area (Å²) < 4.78 is 7.43. The van der Waals surface area contributed by atoms with Crippen molar-refractivity contribution >= 4 is 22.8 Å². The van der Waals surface area contributed by atoms with Crippen molar-refractivity contribution in [1.82, 2.24) is 25.4 Å².